The number of aromatic nitrogens is 3. The van der Waals surface area contributed by atoms with Crippen molar-refractivity contribution in [1.82, 2.24) is 19.4 Å². The van der Waals surface area contributed by atoms with E-state index in [-0.39, 0.29) is 28.6 Å². The van der Waals surface area contributed by atoms with E-state index in [1.807, 2.05) is 24.3 Å². The zero-order valence-electron chi connectivity index (χ0n) is 20.6. The van der Waals surface area contributed by atoms with E-state index in [2.05, 4.69) is 32.1 Å². The fourth-order valence-electron chi connectivity index (χ4n) is 4.43. The van der Waals surface area contributed by atoms with Gasteiger partial charge < -0.3 is 15.1 Å². The highest BCUT2D eigenvalue weighted by Gasteiger charge is 2.19. The number of halogens is 1. The Balaban J connectivity index is 1.45. The van der Waals surface area contributed by atoms with E-state index in [0.29, 0.717) is 5.39 Å². The van der Waals surface area contributed by atoms with Crippen LogP contribution in [0.1, 0.15) is 5.56 Å². The topological polar surface area (TPSA) is 100 Å². The molecule has 0 radical (unpaired) electrons. The molecular formula is C26H27FN6O3S. The zero-order chi connectivity index (χ0) is 26.2. The van der Waals surface area contributed by atoms with Crippen LogP contribution in [0.4, 0.5) is 21.7 Å². The van der Waals surface area contributed by atoms with Crippen molar-refractivity contribution in [3.8, 4) is 0 Å². The Morgan fingerprint density at radius 1 is 1.00 bits per heavy atom. The lowest BCUT2D eigenvalue weighted by atomic mass is 10.2. The second kappa shape index (κ2) is 9.91. The standard InChI is InChI=1S/C26H27FN6O3S/c1-31-12-14-32(15-13-31)20-9-7-19(8-10-20)29-26-28-16-18-6-11-24(34)33(25(18)30-26)17-21-22(27)4-3-5-23(21)37(2,35)36/h3-11,16H,12-15,17H2,1-2H3,(H,28,29,30). The summed E-state index contributed by atoms with van der Waals surface area (Å²) in [4.78, 5) is 26.1. The Morgan fingerprint density at radius 3 is 2.43 bits per heavy atom. The number of sulfone groups is 1. The molecule has 1 fully saturated rings. The summed E-state index contributed by atoms with van der Waals surface area (Å²) < 4.78 is 40.5. The SMILES string of the molecule is CN1CCN(c2ccc(Nc3ncc4ccc(=O)n(Cc5c(F)cccc5S(C)(=O)=O)c4n3)cc2)CC1. The van der Waals surface area contributed by atoms with Crippen LogP contribution in [0.25, 0.3) is 11.0 Å². The summed E-state index contributed by atoms with van der Waals surface area (Å²) in [5.74, 6) is -0.448. The minimum absolute atomic E-state index is 0.0905. The van der Waals surface area contributed by atoms with Gasteiger partial charge in [0.15, 0.2) is 9.84 Å². The molecule has 1 aliphatic heterocycles. The van der Waals surface area contributed by atoms with Gasteiger partial charge in [-0.3, -0.25) is 9.36 Å². The molecule has 3 heterocycles. The van der Waals surface area contributed by atoms with E-state index in [1.165, 1.54) is 28.8 Å². The average molecular weight is 523 g/mol. The first kappa shape index (κ1) is 24.8. The maximum atomic E-state index is 14.7. The minimum atomic E-state index is -3.71. The largest absolute Gasteiger partial charge is 0.369 e. The first-order valence-corrected chi connectivity index (χ1v) is 13.7. The van der Waals surface area contributed by atoms with Crippen LogP contribution in [0.2, 0.25) is 0 Å². The fourth-order valence-corrected chi connectivity index (χ4v) is 5.37. The molecule has 1 saturated heterocycles. The molecule has 192 valence electrons. The lowest BCUT2D eigenvalue weighted by Crippen LogP contribution is -2.44. The molecule has 1 N–H and O–H groups in total. The smallest absolute Gasteiger partial charge is 0.252 e. The number of fused-ring (bicyclic) bond motifs is 1. The van der Waals surface area contributed by atoms with Crippen LogP contribution in [0, 0.1) is 5.82 Å². The number of piperazine rings is 1. The van der Waals surface area contributed by atoms with Gasteiger partial charge in [0.2, 0.25) is 5.95 Å². The quantitative estimate of drug-likeness (QED) is 0.413. The van der Waals surface area contributed by atoms with Crippen molar-refractivity contribution in [2.75, 3.05) is 49.7 Å². The number of hydrogen-bond acceptors (Lipinski definition) is 8. The number of anilines is 3. The summed E-state index contributed by atoms with van der Waals surface area (Å²) >= 11 is 0. The molecule has 5 rings (SSSR count). The van der Waals surface area contributed by atoms with E-state index in [0.717, 1.165) is 43.8 Å². The maximum absolute atomic E-state index is 14.7. The molecule has 0 aliphatic carbocycles. The highest BCUT2D eigenvalue weighted by Crippen LogP contribution is 2.23. The molecule has 2 aromatic heterocycles. The molecule has 11 heteroatoms. The van der Waals surface area contributed by atoms with Gasteiger partial charge in [0.1, 0.15) is 11.5 Å². The van der Waals surface area contributed by atoms with Gasteiger partial charge in [0.05, 0.1) is 11.4 Å². The highest BCUT2D eigenvalue weighted by atomic mass is 32.2. The van der Waals surface area contributed by atoms with Crippen molar-refractivity contribution >= 4 is 38.2 Å². The van der Waals surface area contributed by atoms with Gasteiger partial charge in [-0.2, -0.15) is 4.98 Å². The third-order valence-electron chi connectivity index (χ3n) is 6.51. The predicted molar refractivity (Wildman–Crippen MR) is 142 cm³/mol. The second-order valence-corrected chi connectivity index (χ2v) is 11.2. The molecule has 0 amide bonds. The van der Waals surface area contributed by atoms with Crippen LogP contribution in [0.15, 0.2) is 70.5 Å². The predicted octanol–water partition coefficient (Wildman–Crippen LogP) is 2.88. The number of nitrogens with one attached hydrogen (secondary N) is 1. The molecule has 0 atom stereocenters. The Morgan fingerprint density at radius 2 is 1.73 bits per heavy atom. The van der Waals surface area contributed by atoms with Gasteiger partial charge in [-0.25, -0.2) is 17.8 Å². The third-order valence-corrected chi connectivity index (χ3v) is 7.69. The average Bonchev–Trinajstić information content (AvgIpc) is 2.87. The molecule has 2 aromatic carbocycles. The molecule has 0 saturated carbocycles. The van der Waals surface area contributed by atoms with Crippen LogP contribution < -0.4 is 15.8 Å². The van der Waals surface area contributed by atoms with Crippen LogP contribution in [0.5, 0.6) is 0 Å². The molecule has 0 spiro atoms. The monoisotopic (exact) mass is 522 g/mol. The second-order valence-electron chi connectivity index (χ2n) is 9.18. The molecule has 4 aromatic rings. The van der Waals surface area contributed by atoms with Gasteiger partial charge in [-0.1, -0.05) is 6.07 Å². The molecule has 0 unspecified atom stereocenters. The number of pyridine rings is 1. The number of hydrogen-bond donors (Lipinski definition) is 1. The molecule has 37 heavy (non-hydrogen) atoms. The van der Waals surface area contributed by atoms with Crippen molar-refractivity contribution in [2.24, 2.45) is 0 Å². The summed E-state index contributed by atoms with van der Waals surface area (Å²) in [7, 11) is -1.59. The van der Waals surface area contributed by atoms with Gasteiger partial charge >= 0.3 is 0 Å². The van der Waals surface area contributed by atoms with Crippen molar-refractivity contribution in [2.45, 2.75) is 11.4 Å². The number of rotatable bonds is 6. The number of nitrogens with zero attached hydrogens (tertiary/aromatic N) is 5. The Kier molecular flexibility index (Phi) is 6.65. The Bertz CT molecular complexity index is 1610. The van der Waals surface area contributed by atoms with E-state index < -0.39 is 21.2 Å². The van der Waals surface area contributed by atoms with E-state index in [1.54, 1.807) is 12.3 Å². The van der Waals surface area contributed by atoms with Crippen molar-refractivity contribution in [1.29, 1.82) is 0 Å². The Hall–Kier alpha value is -3.83. The first-order chi connectivity index (χ1) is 17.7. The van der Waals surface area contributed by atoms with Crippen molar-refractivity contribution < 1.29 is 12.8 Å². The fraction of sp³-hybridized carbons (Fsp3) is 0.269. The van der Waals surface area contributed by atoms with Crippen LogP contribution >= 0.6 is 0 Å². The summed E-state index contributed by atoms with van der Waals surface area (Å²) in [6, 6.07) is 14.7. The van der Waals surface area contributed by atoms with Gasteiger partial charge in [-0.15, -0.1) is 0 Å². The van der Waals surface area contributed by atoms with Crippen molar-refractivity contribution in [3.63, 3.8) is 0 Å². The summed E-state index contributed by atoms with van der Waals surface area (Å²) in [5.41, 5.74) is 1.65. The highest BCUT2D eigenvalue weighted by molar-refractivity contribution is 7.90. The Labute approximate surface area is 214 Å². The van der Waals surface area contributed by atoms with Crippen molar-refractivity contribution in [3.05, 3.63) is 82.5 Å². The minimum Gasteiger partial charge on any atom is -0.369 e. The summed E-state index contributed by atoms with van der Waals surface area (Å²) in [6.45, 7) is 3.69. The van der Waals surface area contributed by atoms with Gasteiger partial charge in [-0.05, 0) is 49.5 Å². The third kappa shape index (κ3) is 5.32. The van der Waals surface area contributed by atoms with Gasteiger partial charge in [0.25, 0.3) is 5.56 Å². The normalized spacial score (nSPS) is 14.7. The number of likely N-dealkylation sites (N-methyl/N-ethyl adjacent to an activating group) is 1. The van der Waals surface area contributed by atoms with Gasteiger partial charge in [0, 0.05) is 67.0 Å². The molecule has 9 nitrogen and oxygen atoms in total. The molecule has 0 bridgehead atoms. The van der Waals surface area contributed by atoms with E-state index >= 15 is 0 Å². The first-order valence-electron chi connectivity index (χ1n) is 11.8. The molecule has 1 aliphatic rings. The van der Waals surface area contributed by atoms with Crippen LogP contribution in [-0.4, -0.2) is 67.3 Å². The van der Waals surface area contributed by atoms with Crippen LogP contribution in [-0.2, 0) is 16.4 Å². The van der Waals surface area contributed by atoms with E-state index in [4.69, 9.17) is 0 Å². The summed E-state index contributed by atoms with van der Waals surface area (Å²) in [6.07, 6.45) is 2.58. The zero-order valence-corrected chi connectivity index (χ0v) is 21.4. The number of benzene rings is 2. The summed E-state index contributed by atoms with van der Waals surface area (Å²) in [5, 5.41) is 3.72. The van der Waals surface area contributed by atoms with E-state index in [9.17, 15) is 17.6 Å². The van der Waals surface area contributed by atoms with Crippen LogP contribution in [0.3, 0.4) is 0 Å². The lowest BCUT2D eigenvalue weighted by molar-refractivity contribution is 0.313. The maximum Gasteiger partial charge on any atom is 0.252 e. The molecular weight excluding hydrogens is 495 g/mol. The lowest BCUT2D eigenvalue weighted by Gasteiger charge is -2.34.